The summed E-state index contributed by atoms with van der Waals surface area (Å²) in [4.78, 5) is 2.36. The van der Waals surface area contributed by atoms with Gasteiger partial charge in [-0.2, -0.15) is 0 Å². The third-order valence-corrected chi connectivity index (χ3v) is 4.23. The molecule has 2 aromatic carbocycles. The van der Waals surface area contributed by atoms with Crippen LogP contribution in [0.4, 0.5) is 5.69 Å². The third kappa shape index (κ3) is 5.42. The van der Waals surface area contributed by atoms with Gasteiger partial charge < -0.3 is 4.90 Å². The summed E-state index contributed by atoms with van der Waals surface area (Å²) in [5, 5.41) is 0. The van der Waals surface area contributed by atoms with Gasteiger partial charge in [0.05, 0.1) is 0 Å². The molecule has 1 nitrogen and oxygen atoms in total. The molecule has 0 amide bonds. The molecule has 0 saturated carbocycles. The van der Waals surface area contributed by atoms with Crippen molar-refractivity contribution in [3.63, 3.8) is 0 Å². The molecular formula is C23H29N. The molecule has 0 N–H and O–H groups in total. The number of allylic oxidation sites excluding steroid dienone is 2. The van der Waals surface area contributed by atoms with E-state index in [0.29, 0.717) is 0 Å². The molecule has 2 rings (SSSR count). The Morgan fingerprint density at radius 1 is 0.708 bits per heavy atom. The van der Waals surface area contributed by atoms with Crippen molar-refractivity contribution in [1.82, 2.24) is 0 Å². The molecular weight excluding hydrogens is 290 g/mol. The van der Waals surface area contributed by atoms with E-state index in [0.717, 1.165) is 19.5 Å². The number of nitrogens with zero attached hydrogens (tertiary/aromatic N) is 1. The summed E-state index contributed by atoms with van der Waals surface area (Å²) in [6.45, 7) is 8.69. The SMILES string of the molecule is CCCc1ccc(/C=C/C=C/c2ccc(N(CC)CC)cc2)cc1. The summed E-state index contributed by atoms with van der Waals surface area (Å²) in [6, 6.07) is 17.6. The Morgan fingerprint density at radius 3 is 1.67 bits per heavy atom. The lowest BCUT2D eigenvalue weighted by atomic mass is 10.1. The molecule has 0 spiro atoms. The fourth-order valence-corrected chi connectivity index (χ4v) is 2.80. The Bertz CT molecular complexity index is 643. The molecule has 0 atom stereocenters. The van der Waals surface area contributed by atoms with Gasteiger partial charge in [-0.25, -0.2) is 0 Å². The quantitative estimate of drug-likeness (QED) is 0.523. The predicted molar refractivity (Wildman–Crippen MR) is 109 cm³/mol. The second-order valence-electron chi connectivity index (χ2n) is 5.97. The molecule has 0 bridgehead atoms. The molecule has 0 unspecified atom stereocenters. The van der Waals surface area contributed by atoms with E-state index in [1.807, 2.05) is 0 Å². The van der Waals surface area contributed by atoms with Gasteiger partial charge in [-0.3, -0.25) is 0 Å². The van der Waals surface area contributed by atoms with Crippen molar-refractivity contribution in [3.8, 4) is 0 Å². The topological polar surface area (TPSA) is 3.24 Å². The monoisotopic (exact) mass is 319 g/mol. The van der Waals surface area contributed by atoms with Crippen LogP contribution < -0.4 is 4.90 Å². The number of benzene rings is 2. The minimum Gasteiger partial charge on any atom is -0.372 e. The zero-order valence-corrected chi connectivity index (χ0v) is 15.2. The van der Waals surface area contributed by atoms with Crippen molar-refractivity contribution in [2.75, 3.05) is 18.0 Å². The van der Waals surface area contributed by atoms with Gasteiger partial charge in [0.1, 0.15) is 0 Å². The van der Waals surface area contributed by atoms with Crippen molar-refractivity contribution in [3.05, 3.63) is 77.4 Å². The molecule has 0 aromatic heterocycles. The van der Waals surface area contributed by atoms with Crippen LogP contribution in [0, 0.1) is 0 Å². The van der Waals surface area contributed by atoms with Gasteiger partial charge in [-0.15, -0.1) is 0 Å². The number of rotatable bonds is 8. The molecule has 0 saturated heterocycles. The van der Waals surface area contributed by atoms with E-state index in [2.05, 4.69) is 98.5 Å². The lowest BCUT2D eigenvalue weighted by Crippen LogP contribution is -2.21. The lowest BCUT2D eigenvalue weighted by molar-refractivity contribution is 0.866. The van der Waals surface area contributed by atoms with Crippen LogP contribution in [0.15, 0.2) is 60.7 Å². The molecule has 0 aliphatic heterocycles. The lowest BCUT2D eigenvalue weighted by Gasteiger charge is -2.20. The van der Waals surface area contributed by atoms with Crippen LogP contribution in [0.2, 0.25) is 0 Å². The van der Waals surface area contributed by atoms with Gasteiger partial charge in [0.2, 0.25) is 0 Å². The molecule has 0 aliphatic rings. The number of hydrogen-bond acceptors (Lipinski definition) is 1. The summed E-state index contributed by atoms with van der Waals surface area (Å²) >= 11 is 0. The number of anilines is 1. The second kappa shape index (κ2) is 9.77. The van der Waals surface area contributed by atoms with E-state index < -0.39 is 0 Å². The Hall–Kier alpha value is -2.28. The zero-order valence-electron chi connectivity index (χ0n) is 15.2. The van der Waals surface area contributed by atoms with Crippen LogP contribution in [-0.2, 0) is 6.42 Å². The Balaban J connectivity index is 1.93. The molecule has 0 aliphatic carbocycles. The van der Waals surface area contributed by atoms with E-state index >= 15 is 0 Å². The standard InChI is InChI=1S/C23H29N/c1-4-9-20-12-14-21(15-13-20)10-7-8-11-22-16-18-23(19-17-22)24(5-2)6-3/h7-8,10-19H,4-6,9H2,1-3H3/b10-7+,11-8+. The van der Waals surface area contributed by atoms with Gasteiger partial charge in [0.15, 0.2) is 0 Å². The average Bonchev–Trinajstić information content (AvgIpc) is 2.62. The van der Waals surface area contributed by atoms with Crippen LogP contribution >= 0.6 is 0 Å². The van der Waals surface area contributed by atoms with E-state index in [9.17, 15) is 0 Å². The smallest absolute Gasteiger partial charge is 0.0366 e. The second-order valence-corrected chi connectivity index (χ2v) is 5.97. The minimum atomic E-state index is 1.05. The molecule has 1 heteroatoms. The maximum Gasteiger partial charge on any atom is 0.0366 e. The van der Waals surface area contributed by atoms with Crippen LogP contribution in [0.3, 0.4) is 0 Å². The van der Waals surface area contributed by atoms with Gasteiger partial charge in [-0.1, -0.05) is 74.0 Å². The number of hydrogen-bond donors (Lipinski definition) is 0. The maximum atomic E-state index is 2.36. The van der Waals surface area contributed by atoms with Crippen molar-refractivity contribution >= 4 is 17.8 Å². The van der Waals surface area contributed by atoms with E-state index in [1.165, 1.54) is 28.8 Å². The highest BCUT2D eigenvalue weighted by Crippen LogP contribution is 2.16. The summed E-state index contributed by atoms with van der Waals surface area (Å²) in [6.07, 6.45) is 10.9. The Labute approximate surface area is 147 Å². The fraction of sp³-hybridized carbons (Fsp3) is 0.304. The van der Waals surface area contributed by atoms with E-state index in [4.69, 9.17) is 0 Å². The first kappa shape index (κ1) is 18.1. The Morgan fingerprint density at radius 2 is 1.21 bits per heavy atom. The molecule has 126 valence electrons. The van der Waals surface area contributed by atoms with Crippen molar-refractivity contribution in [2.24, 2.45) is 0 Å². The van der Waals surface area contributed by atoms with Crippen molar-refractivity contribution < 1.29 is 0 Å². The summed E-state index contributed by atoms with van der Waals surface area (Å²) in [7, 11) is 0. The van der Waals surface area contributed by atoms with Gasteiger partial charge >= 0.3 is 0 Å². The van der Waals surface area contributed by atoms with Crippen LogP contribution in [0.5, 0.6) is 0 Å². The molecule has 2 aromatic rings. The summed E-state index contributed by atoms with van der Waals surface area (Å²) < 4.78 is 0. The Kier molecular flexibility index (Phi) is 7.35. The number of aryl methyl sites for hydroxylation is 1. The highest BCUT2D eigenvalue weighted by molar-refractivity contribution is 5.59. The first-order chi connectivity index (χ1) is 11.8. The van der Waals surface area contributed by atoms with Gasteiger partial charge in [-0.05, 0) is 49.1 Å². The van der Waals surface area contributed by atoms with Crippen LogP contribution in [0.25, 0.3) is 12.2 Å². The molecule has 0 heterocycles. The van der Waals surface area contributed by atoms with E-state index in [1.54, 1.807) is 0 Å². The van der Waals surface area contributed by atoms with Crippen molar-refractivity contribution in [2.45, 2.75) is 33.6 Å². The molecule has 0 radical (unpaired) electrons. The predicted octanol–water partition coefficient (Wildman–Crippen LogP) is 6.21. The van der Waals surface area contributed by atoms with Crippen LogP contribution in [-0.4, -0.2) is 13.1 Å². The third-order valence-electron chi connectivity index (χ3n) is 4.23. The average molecular weight is 319 g/mol. The highest BCUT2D eigenvalue weighted by atomic mass is 15.1. The fourth-order valence-electron chi connectivity index (χ4n) is 2.80. The van der Waals surface area contributed by atoms with Crippen molar-refractivity contribution in [1.29, 1.82) is 0 Å². The first-order valence-corrected chi connectivity index (χ1v) is 9.05. The summed E-state index contributed by atoms with van der Waals surface area (Å²) in [5.74, 6) is 0. The normalized spacial score (nSPS) is 11.5. The van der Waals surface area contributed by atoms with Crippen LogP contribution in [0.1, 0.15) is 43.9 Å². The minimum absolute atomic E-state index is 1.05. The molecule has 0 fully saturated rings. The van der Waals surface area contributed by atoms with Gasteiger partial charge in [0, 0.05) is 18.8 Å². The summed E-state index contributed by atoms with van der Waals surface area (Å²) in [5.41, 5.74) is 5.18. The zero-order chi connectivity index (χ0) is 17.2. The maximum absolute atomic E-state index is 2.36. The van der Waals surface area contributed by atoms with Gasteiger partial charge in [0.25, 0.3) is 0 Å². The molecule has 24 heavy (non-hydrogen) atoms. The first-order valence-electron chi connectivity index (χ1n) is 9.05. The largest absolute Gasteiger partial charge is 0.372 e. The highest BCUT2D eigenvalue weighted by Gasteiger charge is 1.99. The van der Waals surface area contributed by atoms with E-state index in [-0.39, 0.29) is 0 Å².